The van der Waals surface area contributed by atoms with Crippen LogP contribution in [0.2, 0.25) is 0 Å². The molecule has 1 saturated heterocycles. The molecule has 7 nitrogen and oxygen atoms in total. The molecule has 0 bridgehead atoms. The van der Waals surface area contributed by atoms with Crippen LogP contribution in [0, 0.1) is 23.2 Å². The fourth-order valence-electron chi connectivity index (χ4n) is 3.29. The van der Waals surface area contributed by atoms with Crippen LogP contribution in [0.5, 0.6) is 0 Å². The quantitative estimate of drug-likeness (QED) is 0.535. The number of nitriles is 1. The predicted molar refractivity (Wildman–Crippen MR) is 106 cm³/mol. The van der Waals surface area contributed by atoms with Crippen LogP contribution in [-0.4, -0.2) is 52.5 Å². The molecule has 2 fully saturated rings. The number of hydrogen-bond acceptors (Lipinski definition) is 5. The van der Waals surface area contributed by atoms with Crippen molar-refractivity contribution in [3.05, 3.63) is 47.5 Å². The minimum absolute atomic E-state index is 0.222. The van der Waals surface area contributed by atoms with Crippen LogP contribution in [-0.2, 0) is 9.59 Å². The van der Waals surface area contributed by atoms with Gasteiger partial charge in [-0.2, -0.15) is 5.26 Å². The number of carbonyl (C=O) groups excluding carboxylic acids is 1. The zero-order valence-corrected chi connectivity index (χ0v) is 16.3. The Morgan fingerprint density at radius 3 is 1.97 bits per heavy atom. The molecule has 2 aliphatic rings. The van der Waals surface area contributed by atoms with Crippen LogP contribution in [0.25, 0.3) is 0 Å². The molecule has 2 N–H and O–H groups in total. The summed E-state index contributed by atoms with van der Waals surface area (Å²) in [5.74, 6) is -0.801. The number of benzene rings is 1. The molecule has 0 spiro atoms. The number of ketones is 1. The van der Waals surface area contributed by atoms with Crippen molar-refractivity contribution in [1.29, 1.82) is 5.26 Å². The van der Waals surface area contributed by atoms with Crippen LogP contribution < -0.4 is 0 Å². The Labute approximate surface area is 170 Å². The third-order valence-corrected chi connectivity index (χ3v) is 5.10. The molecule has 29 heavy (non-hydrogen) atoms. The van der Waals surface area contributed by atoms with Crippen molar-refractivity contribution in [2.75, 3.05) is 19.6 Å². The second-order valence-corrected chi connectivity index (χ2v) is 7.51. The summed E-state index contributed by atoms with van der Waals surface area (Å²) in [6.07, 6.45) is 6.89. The van der Waals surface area contributed by atoms with E-state index in [9.17, 15) is 14.4 Å². The summed E-state index contributed by atoms with van der Waals surface area (Å²) in [6.45, 7) is 3.58. The van der Waals surface area contributed by atoms with Gasteiger partial charge in [0.2, 0.25) is 0 Å². The fraction of sp³-hybridized carbons (Fsp3) is 0.455. The zero-order valence-electron chi connectivity index (χ0n) is 16.3. The van der Waals surface area contributed by atoms with E-state index in [0.717, 1.165) is 37.4 Å². The Morgan fingerprint density at radius 1 is 0.966 bits per heavy atom. The molecule has 0 aromatic heterocycles. The monoisotopic (exact) mass is 398 g/mol. The minimum Gasteiger partial charge on any atom is -0.478 e. The van der Waals surface area contributed by atoms with E-state index in [1.165, 1.54) is 19.4 Å². The average Bonchev–Trinajstić information content (AvgIpc) is 3.52. The summed E-state index contributed by atoms with van der Waals surface area (Å²) < 4.78 is 0. The zero-order chi connectivity index (χ0) is 21.2. The second kappa shape index (κ2) is 11.1. The second-order valence-electron chi connectivity index (χ2n) is 7.51. The van der Waals surface area contributed by atoms with Gasteiger partial charge in [0.05, 0.1) is 11.6 Å². The maximum Gasteiger partial charge on any atom is 0.328 e. The minimum atomic E-state index is -1.26. The van der Waals surface area contributed by atoms with Gasteiger partial charge in [-0.3, -0.25) is 4.79 Å². The van der Waals surface area contributed by atoms with Gasteiger partial charge in [0.1, 0.15) is 0 Å². The maximum absolute atomic E-state index is 12.3. The number of likely N-dealkylation sites (tertiary alicyclic amines) is 1. The maximum atomic E-state index is 12.3. The molecular formula is C22H26N2O5. The first kappa shape index (κ1) is 22.3. The molecule has 0 atom stereocenters. The highest BCUT2D eigenvalue weighted by Gasteiger charge is 2.27. The molecule has 1 aliphatic heterocycles. The van der Waals surface area contributed by atoms with E-state index in [4.69, 9.17) is 15.5 Å². The van der Waals surface area contributed by atoms with Gasteiger partial charge in [-0.05, 0) is 62.7 Å². The van der Waals surface area contributed by atoms with E-state index in [2.05, 4.69) is 11.0 Å². The number of Topliss-reactive ketones (excluding diaryl/α,β-unsaturated/α-hetero) is 1. The van der Waals surface area contributed by atoms with Crippen molar-refractivity contribution in [2.24, 2.45) is 11.8 Å². The van der Waals surface area contributed by atoms with Crippen LogP contribution in [0.1, 0.15) is 48.0 Å². The molecule has 1 heterocycles. The molecule has 154 valence electrons. The van der Waals surface area contributed by atoms with Gasteiger partial charge in [0.15, 0.2) is 5.78 Å². The fourth-order valence-corrected chi connectivity index (χ4v) is 3.29. The number of carboxylic acids is 2. The van der Waals surface area contributed by atoms with E-state index < -0.39 is 11.9 Å². The lowest BCUT2D eigenvalue weighted by atomic mass is 9.89. The van der Waals surface area contributed by atoms with Crippen LogP contribution >= 0.6 is 0 Å². The summed E-state index contributed by atoms with van der Waals surface area (Å²) in [5, 5.41) is 24.4. The summed E-state index contributed by atoms with van der Waals surface area (Å²) in [5.41, 5.74) is 1.36. The lowest BCUT2D eigenvalue weighted by molar-refractivity contribution is -0.134. The Bertz CT molecular complexity index is 766. The topological polar surface area (TPSA) is 119 Å². The molecular weight excluding hydrogens is 372 g/mol. The molecule has 1 aromatic carbocycles. The molecule has 3 rings (SSSR count). The highest BCUT2D eigenvalue weighted by atomic mass is 16.4. The van der Waals surface area contributed by atoms with Crippen molar-refractivity contribution in [1.82, 2.24) is 4.90 Å². The normalized spacial score (nSPS) is 17.2. The van der Waals surface area contributed by atoms with Crippen molar-refractivity contribution >= 4 is 17.7 Å². The van der Waals surface area contributed by atoms with E-state index in [-0.39, 0.29) is 5.78 Å². The molecule has 7 heteroatoms. The first-order chi connectivity index (χ1) is 13.9. The summed E-state index contributed by atoms with van der Waals surface area (Å²) in [7, 11) is 0. The van der Waals surface area contributed by atoms with Crippen LogP contribution in [0.15, 0.2) is 36.4 Å². The average molecular weight is 398 g/mol. The number of rotatable bonds is 7. The molecule has 0 unspecified atom stereocenters. The Kier molecular flexibility index (Phi) is 8.56. The van der Waals surface area contributed by atoms with E-state index in [1.54, 1.807) is 24.3 Å². The number of nitrogens with zero attached hydrogens (tertiary/aromatic N) is 2. The van der Waals surface area contributed by atoms with Crippen molar-refractivity contribution in [2.45, 2.75) is 32.1 Å². The van der Waals surface area contributed by atoms with Crippen LogP contribution in [0.4, 0.5) is 0 Å². The Hall–Kier alpha value is -2.98. The third-order valence-electron chi connectivity index (χ3n) is 5.10. The summed E-state index contributed by atoms with van der Waals surface area (Å²) in [4.78, 5) is 34.0. The van der Waals surface area contributed by atoms with Crippen LogP contribution in [0.3, 0.4) is 0 Å². The van der Waals surface area contributed by atoms with Crippen molar-refractivity contribution in [3.63, 3.8) is 0 Å². The first-order valence-corrected chi connectivity index (χ1v) is 9.77. The van der Waals surface area contributed by atoms with E-state index in [0.29, 0.717) is 30.1 Å². The molecule has 1 aromatic rings. The Morgan fingerprint density at radius 2 is 1.52 bits per heavy atom. The van der Waals surface area contributed by atoms with E-state index >= 15 is 0 Å². The van der Waals surface area contributed by atoms with Gasteiger partial charge in [-0.25, -0.2) is 9.59 Å². The molecule has 0 radical (unpaired) electrons. The highest BCUT2D eigenvalue weighted by Crippen LogP contribution is 2.31. The number of aliphatic carboxylic acids is 2. The molecule has 1 aliphatic carbocycles. The highest BCUT2D eigenvalue weighted by molar-refractivity contribution is 5.96. The third kappa shape index (κ3) is 8.71. The lowest BCUT2D eigenvalue weighted by Gasteiger charge is -2.31. The first-order valence-electron chi connectivity index (χ1n) is 9.77. The molecule has 1 saturated carbocycles. The van der Waals surface area contributed by atoms with Crippen molar-refractivity contribution in [3.8, 4) is 6.07 Å². The number of carbonyl (C=O) groups is 3. The smallest absolute Gasteiger partial charge is 0.328 e. The number of hydrogen-bond donors (Lipinski definition) is 2. The largest absolute Gasteiger partial charge is 0.478 e. The number of piperidine rings is 1. The Balaban J connectivity index is 0.000000321. The number of carboxylic acid groups (broad SMARTS) is 2. The standard InChI is InChI=1S/C18H22N2O.C4H4O4/c19-12-15-3-5-17(6-4-15)18(21)11-14-7-9-20(10-8-14)13-16-1-2-16;5-3(6)1-2-4(7)8/h3-6,14,16H,1-2,7-11,13H2;1-2H,(H,5,6)(H,7,8)/b;2-1+. The predicted octanol–water partition coefficient (Wildman–Crippen LogP) is 2.96. The van der Waals surface area contributed by atoms with Gasteiger partial charge in [0, 0.05) is 30.7 Å². The van der Waals surface area contributed by atoms with Crippen molar-refractivity contribution < 1.29 is 24.6 Å². The van der Waals surface area contributed by atoms with Gasteiger partial charge in [-0.1, -0.05) is 12.1 Å². The van der Waals surface area contributed by atoms with Gasteiger partial charge in [0.25, 0.3) is 0 Å². The van der Waals surface area contributed by atoms with Gasteiger partial charge < -0.3 is 15.1 Å². The molecule has 0 amide bonds. The van der Waals surface area contributed by atoms with E-state index in [1.807, 2.05) is 0 Å². The van der Waals surface area contributed by atoms with Gasteiger partial charge in [-0.15, -0.1) is 0 Å². The SMILES string of the molecule is N#Cc1ccc(C(=O)CC2CCN(CC3CC3)CC2)cc1.O=C(O)/C=C/C(=O)O. The summed E-state index contributed by atoms with van der Waals surface area (Å²) >= 11 is 0. The summed E-state index contributed by atoms with van der Waals surface area (Å²) in [6, 6.07) is 9.10. The van der Waals surface area contributed by atoms with Gasteiger partial charge >= 0.3 is 11.9 Å². The lowest BCUT2D eigenvalue weighted by Crippen LogP contribution is -2.35.